The van der Waals surface area contributed by atoms with Crippen molar-refractivity contribution in [2.45, 2.75) is 26.9 Å². The molecule has 0 aliphatic carbocycles. The third-order valence-electron chi connectivity index (χ3n) is 6.26. The van der Waals surface area contributed by atoms with Crippen LogP contribution < -0.4 is 15.6 Å². The average Bonchev–Trinajstić information content (AvgIpc) is 3.16. The van der Waals surface area contributed by atoms with E-state index < -0.39 is 5.82 Å². The first kappa shape index (κ1) is 23.3. The van der Waals surface area contributed by atoms with Crippen LogP contribution in [0, 0.1) is 19.7 Å². The summed E-state index contributed by atoms with van der Waals surface area (Å²) in [5, 5.41) is 3.41. The van der Waals surface area contributed by atoms with E-state index in [1.54, 1.807) is 17.7 Å². The van der Waals surface area contributed by atoms with Crippen molar-refractivity contribution in [2.75, 3.05) is 12.4 Å². The molecule has 0 radical (unpaired) electrons. The van der Waals surface area contributed by atoms with Crippen molar-refractivity contribution in [1.82, 2.24) is 14.1 Å². The summed E-state index contributed by atoms with van der Waals surface area (Å²) >= 11 is 0. The largest absolute Gasteiger partial charge is 0.497 e. The number of aryl methyl sites for hydroxylation is 2. The SMILES string of the molecule is COc1ccc(Cn2cnc3c4cc(F)ccc4n(CC(=O)Nc4ccc(C)cc4C)c3c2=O)cc1. The van der Waals surface area contributed by atoms with Gasteiger partial charge in [0.1, 0.15) is 29.1 Å². The number of anilines is 1. The molecule has 1 N–H and O–H groups in total. The van der Waals surface area contributed by atoms with E-state index in [2.05, 4.69) is 10.3 Å². The standard InChI is InChI=1S/C28H25FN4O3/c1-17-4-10-23(18(2)12-17)31-25(34)15-33-24-11-7-20(29)13-22(24)26-27(33)28(35)32(16-30-26)14-19-5-8-21(36-3)9-6-19/h4-13,16H,14-15H2,1-3H3,(H,31,34). The smallest absolute Gasteiger partial charge is 0.278 e. The van der Waals surface area contributed by atoms with Gasteiger partial charge in [-0.3, -0.25) is 14.2 Å². The number of amides is 1. The summed E-state index contributed by atoms with van der Waals surface area (Å²) in [6.07, 6.45) is 1.46. The highest BCUT2D eigenvalue weighted by Crippen LogP contribution is 2.27. The van der Waals surface area contributed by atoms with Crippen LogP contribution in [0.25, 0.3) is 21.9 Å². The number of ether oxygens (including phenoxy) is 1. The number of hydrogen-bond donors (Lipinski definition) is 1. The molecular formula is C28H25FN4O3. The van der Waals surface area contributed by atoms with E-state index in [1.807, 2.05) is 56.3 Å². The van der Waals surface area contributed by atoms with Crippen LogP contribution >= 0.6 is 0 Å². The number of rotatable bonds is 6. The summed E-state index contributed by atoms with van der Waals surface area (Å²) < 4.78 is 22.4. The van der Waals surface area contributed by atoms with Crippen LogP contribution in [0.5, 0.6) is 5.75 Å². The minimum Gasteiger partial charge on any atom is -0.497 e. The maximum Gasteiger partial charge on any atom is 0.278 e. The van der Waals surface area contributed by atoms with Crippen molar-refractivity contribution in [3.05, 3.63) is 99.9 Å². The molecule has 0 aliphatic rings. The van der Waals surface area contributed by atoms with Crippen molar-refractivity contribution < 1.29 is 13.9 Å². The van der Waals surface area contributed by atoms with Crippen molar-refractivity contribution in [3.8, 4) is 5.75 Å². The number of methoxy groups -OCH3 is 1. The lowest BCUT2D eigenvalue weighted by atomic mass is 10.1. The van der Waals surface area contributed by atoms with Gasteiger partial charge in [0.25, 0.3) is 5.56 Å². The number of carbonyl (C=O) groups excluding carboxylic acids is 1. The summed E-state index contributed by atoms with van der Waals surface area (Å²) in [7, 11) is 1.59. The number of fused-ring (bicyclic) bond motifs is 3. The fourth-order valence-corrected chi connectivity index (χ4v) is 4.46. The van der Waals surface area contributed by atoms with Gasteiger partial charge in [-0.1, -0.05) is 29.8 Å². The lowest BCUT2D eigenvalue weighted by Crippen LogP contribution is -2.25. The van der Waals surface area contributed by atoms with Crippen molar-refractivity contribution in [3.63, 3.8) is 0 Å². The zero-order valence-corrected chi connectivity index (χ0v) is 20.2. The first-order valence-electron chi connectivity index (χ1n) is 11.5. The Bertz CT molecular complexity index is 1670. The number of benzene rings is 3. The van der Waals surface area contributed by atoms with Crippen LogP contribution in [0.2, 0.25) is 0 Å². The predicted molar refractivity (Wildman–Crippen MR) is 138 cm³/mol. The summed E-state index contributed by atoms with van der Waals surface area (Å²) in [4.78, 5) is 31.2. The maximum atomic E-state index is 14.1. The van der Waals surface area contributed by atoms with Crippen molar-refractivity contribution in [1.29, 1.82) is 0 Å². The molecule has 5 rings (SSSR count). The van der Waals surface area contributed by atoms with Crippen molar-refractivity contribution >= 4 is 33.5 Å². The van der Waals surface area contributed by atoms with Gasteiger partial charge in [-0.05, 0) is 61.4 Å². The van der Waals surface area contributed by atoms with Crippen LogP contribution in [0.4, 0.5) is 10.1 Å². The molecule has 0 saturated carbocycles. The van der Waals surface area contributed by atoms with Gasteiger partial charge in [0.15, 0.2) is 0 Å². The molecule has 7 nitrogen and oxygen atoms in total. The normalized spacial score (nSPS) is 11.2. The Kier molecular flexibility index (Phi) is 6.01. The number of nitrogens with zero attached hydrogens (tertiary/aromatic N) is 3. The molecule has 5 aromatic rings. The number of aromatic nitrogens is 3. The van der Waals surface area contributed by atoms with Gasteiger partial charge >= 0.3 is 0 Å². The number of carbonyl (C=O) groups is 1. The molecule has 182 valence electrons. The molecule has 3 aromatic carbocycles. The second kappa shape index (κ2) is 9.30. The van der Waals surface area contributed by atoms with E-state index >= 15 is 0 Å². The van der Waals surface area contributed by atoms with Crippen LogP contribution in [0.3, 0.4) is 0 Å². The second-order valence-electron chi connectivity index (χ2n) is 8.84. The lowest BCUT2D eigenvalue weighted by molar-refractivity contribution is -0.116. The summed E-state index contributed by atoms with van der Waals surface area (Å²) in [6, 6.07) is 17.4. The first-order valence-corrected chi connectivity index (χ1v) is 11.5. The second-order valence-corrected chi connectivity index (χ2v) is 8.84. The topological polar surface area (TPSA) is 78.2 Å². The average molecular weight is 485 g/mol. The zero-order chi connectivity index (χ0) is 25.4. The molecule has 0 fully saturated rings. The Morgan fingerprint density at radius 3 is 2.56 bits per heavy atom. The molecule has 8 heteroatoms. The maximum absolute atomic E-state index is 14.1. The van der Waals surface area contributed by atoms with Gasteiger partial charge in [0.05, 0.1) is 25.5 Å². The molecule has 0 bridgehead atoms. The molecule has 0 aliphatic heterocycles. The highest BCUT2D eigenvalue weighted by Gasteiger charge is 2.19. The Labute approximate surface area is 206 Å². The van der Waals surface area contributed by atoms with E-state index in [1.165, 1.54) is 23.0 Å². The molecule has 36 heavy (non-hydrogen) atoms. The van der Waals surface area contributed by atoms with Crippen molar-refractivity contribution in [2.24, 2.45) is 0 Å². The van der Waals surface area contributed by atoms with Crippen LogP contribution in [0.15, 0.2) is 71.8 Å². The third-order valence-corrected chi connectivity index (χ3v) is 6.26. The van der Waals surface area contributed by atoms with Gasteiger partial charge in [-0.2, -0.15) is 0 Å². The van der Waals surface area contributed by atoms with E-state index in [4.69, 9.17) is 4.74 Å². The van der Waals surface area contributed by atoms with E-state index in [9.17, 15) is 14.0 Å². The molecule has 1 amide bonds. The number of hydrogen-bond acceptors (Lipinski definition) is 4. The third kappa shape index (κ3) is 4.33. The van der Waals surface area contributed by atoms with Gasteiger partial charge in [-0.25, -0.2) is 9.37 Å². The lowest BCUT2D eigenvalue weighted by Gasteiger charge is -2.12. The van der Waals surface area contributed by atoms with Gasteiger partial charge < -0.3 is 14.6 Å². The molecular weight excluding hydrogens is 459 g/mol. The zero-order valence-electron chi connectivity index (χ0n) is 20.2. The van der Waals surface area contributed by atoms with Gasteiger partial charge in [0, 0.05) is 11.1 Å². The van der Waals surface area contributed by atoms with E-state index in [0.29, 0.717) is 22.1 Å². The minimum absolute atomic E-state index is 0.123. The quantitative estimate of drug-likeness (QED) is 0.376. The molecule has 2 aromatic heterocycles. The van der Waals surface area contributed by atoms with Gasteiger partial charge in [0.2, 0.25) is 5.91 Å². The molecule has 0 saturated heterocycles. The van der Waals surface area contributed by atoms with Crippen LogP contribution in [-0.2, 0) is 17.9 Å². The van der Waals surface area contributed by atoms with Crippen LogP contribution in [-0.4, -0.2) is 27.1 Å². The van der Waals surface area contributed by atoms with Crippen LogP contribution in [0.1, 0.15) is 16.7 Å². The fourth-order valence-electron chi connectivity index (χ4n) is 4.46. The summed E-state index contributed by atoms with van der Waals surface area (Å²) in [5.41, 5.74) is 4.49. The highest BCUT2D eigenvalue weighted by molar-refractivity contribution is 6.06. The molecule has 0 atom stereocenters. The molecule has 2 heterocycles. The minimum atomic E-state index is -0.439. The van der Waals surface area contributed by atoms with Gasteiger partial charge in [-0.15, -0.1) is 0 Å². The van der Waals surface area contributed by atoms with E-state index in [0.717, 1.165) is 22.4 Å². The monoisotopic (exact) mass is 484 g/mol. The highest BCUT2D eigenvalue weighted by atomic mass is 19.1. The number of halogens is 1. The molecule has 0 unspecified atom stereocenters. The Hall–Kier alpha value is -4.46. The Balaban J connectivity index is 1.57. The predicted octanol–water partition coefficient (Wildman–Crippen LogP) is 4.80. The Morgan fingerprint density at radius 2 is 1.83 bits per heavy atom. The number of nitrogens with one attached hydrogen (secondary N) is 1. The summed E-state index contributed by atoms with van der Waals surface area (Å²) in [5.74, 6) is -0.0165. The Morgan fingerprint density at radius 1 is 1.06 bits per heavy atom. The van der Waals surface area contributed by atoms with E-state index in [-0.39, 0.29) is 30.1 Å². The fraction of sp³-hybridized carbons (Fsp3) is 0.179. The summed E-state index contributed by atoms with van der Waals surface area (Å²) in [6.45, 7) is 4.08. The first-order chi connectivity index (χ1) is 17.3. The molecule has 0 spiro atoms.